The van der Waals surface area contributed by atoms with E-state index in [0.717, 1.165) is 22.4 Å². The van der Waals surface area contributed by atoms with Gasteiger partial charge in [-0.3, -0.25) is 0 Å². The van der Waals surface area contributed by atoms with Crippen LogP contribution in [-0.4, -0.2) is 5.11 Å². The quantitative estimate of drug-likeness (QED) is 0.905. The lowest BCUT2D eigenvalue weighted by Crippen LogP contribution is -2.11. The summed E-state index contributed by atoms with van der Waals surface area (Å²) in [5.41, 5.74) is 1.09. The summed E-state index contributed by atoms with van der Waals surface area (Å²) in [5.74, 6) is 0.318. The first-order chi connectivity index (χ1) is 7.74. The van der Waals surface area contributed by atoms with E-state index in [9.17, 15) is 5.11 Å². The number of thiophene rings is 1. The van der Waals surface area contributed by atoms with Crippen molar-refractivity contribution in [3.8, 4) is 5.75 Å². The Morgan fingerprint density at radius 2 is 2.06 bits per heavy atom. The van der Waals surface area contributed by atoms with Crippen molar-refractivity contribution in [3.63, 3.8) is 0 Å². The first-order valence-corrected chi connectivity index (χ1v) is 6.58. The molecule has 0 bridgehead atoms. The second-order valence-corrected chi connectivity index (χ2v) is 6.03. The second kappa shape index (κ2) is 5.48. The topological polar surface area (TPSA) is 32.3 Å². The summed E-state index contributed by atoms with van der Waals surface area (Å²) in [6.07, 6.45) is 0. The van der Waals surface area contributed by atoms with Crippen LogP contribution in [0.25, 0.3) is 0 Å². The maximum atomic E-state index is 9.30. The number of halogens is 1. The average molecular weight is 298 g/mol. The van der Waals surface area contributed by atoms with Crippen molar-refractivity contribution in [2.24, 2.45) is 0 Å². The Morgan fingerprint density at radius 3 is 2.75 bits per heavy atom. The third kappa shape index (κ3) is 3.33. The van der Waals surface area contributed by atoms with Crippen LogP contribution in [0.2, 0.25) is 0 Å². The zero-order valence-electron chi connectivity index (χ0n) is 8.61. The van der Waals surface area contributed by atoms with Crippen LogP contribution in [-0.2, 0) is 13.1 Å². The Kier molecular flexibility index (Phi) is 3.98. The van der Waals surface area contributed by atoms with Crippen molar-refractivity contribution in [1.82, 2.24) is 5.32 Å². The van der Waals surface area contributed by atoms with Gasteiger partial charge in [0.25, 0.3) is 0 Å². The van der Waals surface area contributed by atoms with Crippen LogP contribution in [0.3, 0.4) is 0 Å². The summed E-state index contributed by atoms with van der Waals surface area (Å²) in [5, 5.41) is 12.6. The van der Waals surface area contributed by atoms with Crippen LogP contribution in [0.4, 0.5) is 0 Å². The Labute approximate surface area is 107 Å². The summed E-state index contributed by atoms with van der Waals surface area (Å²) in [7, 11) is 0. The number of aromatic hydroxyl groups is 1. The highest BCUT2D eigenvalue weighted by molar-refractivity contribution is 9.11. The highest BCUT2D eigenvalue weighted by Gasteiger charge is 1.98. The maximum absolute atomic E-state index is 9.30. The van der Waals surface area contributed by atoms with Crippen molar-refractivity contribution >= 4 is 27.3 Å². The molecular formula is C12H12BrNOS. The van der Waals surface area contributed by atoms with E-state index in [-0.39, 0.29) is 0 Å². The molecule has 0 amide bonds. The van der Waals surface area contributed by atoms with Gasteiger partial charge in [-0.1, -0.05) is 12.1 Å². The molecular weight excluding hydrogens is 286 g/mol. The van der Waals surface area contributed by atoms with Crippen LogP contribution in [0, 0.1) is 0 Å². The van der Waals surface area contributed by atoms with Crippen molar-refractivity contribution in [2.75, 3.05) is 0 Å². The van der Waals surface area contributed by atoms with Crippen molar-refractivity contribution in [1.29, 1.82) is 0 Å². The van der Waals surface area contributed by atoms with Gasteiger partial charge in [0.1, 0.15) is 5.75 Å². The van der Waals surface area contributed by atoms with Gasteiger partial charge in [-0.25, -0.2) is 0 Å². The van der Waals surface area contributed by atoms with E-state index in [4.69, 9.17) is 0 Å². The number of phenolic OH excluding ortho intramolecular Hbond substituents is 1. The summed E-state index contributed by atoms with van der Waals surface area (Å²) >= 11 is 5.17. The molecule has 0 fully saturated rings. The van der Waals surface area contributed by atoms with Gasteiger partial charge < -0.3 is 10.4 Å². The molecule has 0 saturated heterocycles. The molecule has 0 aliphatic rings. The molecule has 0 aliphatic carbocycles. The van der Waals surface area contributed by atoms with Gasteiger partial charge in [0.2, 0.25) is 0 Å². The molecule has 2 N–H and O–H groups in total. The number of phenols is 1. The molecule has 1 heterocycles. The van der Waals surface area contributed by atoms with E-state index >= 15 is 0 Å². The Bertz CT molecular complexity index is 470. The fourth-order valence-electron chi connectivity index (χ4n) is 1.44. The zero-order valence-corrected chi connectivity index (χ0v) is 11.0. The normalized spacial score (nSPS) is 10.6. The van der Waals surface area contributed by atoms with Gasteiger partial charge in [0, 0.05) is 18.0 Å². The lowest BCUT2D eigenvalue weighted by Gasteiger charge is -2.03. The third-order valence-corrected chi connectivity index (χ3v) is 3.79. The van der Waals surface area contributed by atoms with Gasteiger partial charge >= 0.3 is 0 Å². The van der Waals surface area contributed by atoms with Gasteiger partial charge in [0.05, 0.1) is 3.79 Å². The molecule has 0 saturated carbocycles. The van der Waals surface area contributed by atoms with E-state index in [2.05, 4.69) is 33.4 Å². The molecule has 0 unspecified atom stereocenters. The summed E-state index contributed by atoms with van der Waals surface area (Å²) in [4.78, 5) is 1.30. The molecule has 1 aromatic heterocycles. The molecule has 1 aromatic carbocycles. The summed E-state index contributed by atoms with van der Waals surface area (Å²) in [6, 6.07) is 11.5. The molecule has 2 nitrogen and oxygen atoms in total. The number of nitrogens with one attached hydrogen (secondary N) is 1. The Balaban J connectivity index is 1.84. The molecule has 2 aromatic rings. The molecule has 0 radical (unpaired) electrons. The minimum absolute atomic E-state index is 0.318. The lowest BCUT2D eigenvalue weighted by molar-refractivity contribution is 0.474. The fourth-order valence-corrected chi connectivity index (χ4v) is 2.90. The Morgan fingerprint density at radius 1 is 1.19 bits per heavy atom. The highest BCUT2D eigenvalue weighted by atomic mass is 79.9. The van der Waals surface area contributed by atoms with Crippen molar-refractivity contribution in [3.05, 3.63) is 50.6 Å². The predicted molar refractivity (Wildman–Crippen MR) is 70.7 cm³/mol. The van der Waals surface area contributed by atoms with Crippen LogP contribution in [0.15, 0.2) is 40.2 Å². The molecule has 16 heavy (non-hydrogen) atoms. The molecule has 0 spiro atoms. The highest BCUT2D eigenvalue weighted by Crippen LogP contribution is 2.21. The number of hydrogen-bond donors (Lipinski definition) is 2. The SMILES string of the molecule is Oc1cccc(CNCc2ccc(Br)s2)c1. The minimum atomic E-state index is 0.318. The number of rotatable bonds is 4. The number of benzene rings is 1. The van der Waals surface area contributed by atoms with Crippen LogP contribution < -0.4 is 5.32 Å². The molecule has 2 rings (SSSR count). The second-order valence-electron chi connectivity index (χ2n) is 3.48. The first kappa shape index (κ1) is 11.6. The molecule has 84 valence electrons. The minimum Gasteiger partial charge on any atom is -0.508 e. The van der Waals surface area contributed by atoms with E-state index in [1.807, 2.05) is 12.1 Å². The molecule has 0 atom stereocenters. The van der Waals surface area contributed by atoms with Crippen LogP contribution in [0.5, 0.6) is 5.75 Å². The van der Waals surface area contributed by atoms with Gasteiger partial charge in [-0.15, -0.1) is 11.3 Å². The average Bonchev–Trinajstić information content (AvgIpc) is 2.64. The van der Waals surface area contributed by atoms with Crippen LogP contribution >= 0.6 is 27.3 Å². The van der Waals surface area contributed by atoms with Gasteiger partial charge in [-0.2, -0.15) is 0 Å². The van der Waals surface area contributed by atoms with Gasteiger partial charge in [0.15, 0.2) is 0 Å². The largest absolute Gasteiger partial charge is 0.508 e. The fraction of sp³-hybridized carbons (Fsp3) is 0.167. The summed E-state index contributed by atoms with van der Waals surface area (Å²) < 4.78 is 1.15. The van der Waals surface area contributed by atoms with E-state index in [1.165, 1.54) is 4.88 Å². The summed E-state index contributed by atoms with van der Waals surface area (Å²) in [6.45, 7) is 1.62. The smallest absolute Gasteiger partial charge is 0.115 e. The predicted octanol–water partition coefficient (Wildman–Crippen LogP) is 3.51. The monoisotopic (exact) mass is 297 g/mol. The van der Waals surface area contributed by atoms with Crippen molar-refractivity contribution < 1.29 is 5.11 Å². The zero-order chi connectivity index (χ0) is 11.4. The first-order valence-electron chi connectivity index (χ1n) is 4.97. The third-order valence-electron chi connectivity index (χ3n) is 2.17. The van der Waals surface area contributed by atoms with Crippen LogP contribution in [0.1, 0.15) is 10.4 Å². The van der Waals surface area contributed by atoms with Crippen molar-refractivity contribution in [2.45, 2.75) is 13.1 Å². The molecule has 0 aliphatic heterocycles. The van der Waals surface area contributed by atoms with E-state index < -0.39 is 0 Å². The van der Waals surface area contributed by atoms with Gasteiger partial charge in [-0.05, 0) is 45.8 Å². The maximum Gasteiger partial charge on any atom is 0.115 e. The lowest BCUT2D eigenvalue weighted by atomic mass is 10.2. The Hall–Kier alpha value is -0.840. The van der Waals surface area contributed by atoms with E-state index in [0.29, 0.717) is 5.75 Å². The molecule has 4 heteroatoms. The van der Waals surface area contributed by atoms with E-state index in [1.54, 1.807) is 23.5 Å². The standard InChI is InChI=1S/C12H12BrNOS/c13-12-5-4-11(16-12)8-14-7-9-2-1-3-10(15)6-9/h1-6,14-15H,7-8H2. The number of hydrogen-bond acceptors (Lipinski definition) is 3.